The Morgan fingerprint density at radius 3 is 2.53 bits per heavy atom. The van der Waals surface area contributed by atoms with E-state index in [2.05, 4.69) is 24.0 Å². The summed E-state index contributed by atoms with van der Waals surface area (Å²) in [6.45, 7) is 4.59. The summed E-state index contributed by atoms with van der Waals surface area (Å²) in [6, 6.07) is 16.1. The Kier molecular flexibility index (Phi) is 7.28. The molecule has 0 saturated carbocycles. The zero-order valence-electron chi connectivity index (χ0n) is 18.3. The number of carbonyl (C=O) groups excluding carboxylic acids is 1. The van der Waals surface area contributed by atoms with E-state index in [0.29, 0.717) is 25.3 Å². The number of carbonyl (C=O) groups is 1. The molecule has 0 bridgehead atoms. The van der Waals surface area contributed by atoms with Crippen molar-refractivity contribution in [1.29, 1.82) is 0 Å². The van der Waals surface area contributed by atoms with Crippen LogP contribution in [-0.4, -0.2) is 36.5 Å². The SMILES string of the molecule is CCc1cc(OCCc2nc(-c3ccccc3)oc2C)ccc1CCC(=O)N(C)C. The smallest absolute Gasteiger partial charge is 0.226 e. The van der Waals surface area contributed by atoms with Crippen molar-refractivity contribution in [2.24, 2.45) is 0 Å². The highest BCUT2D eigenvalue weighted by Crippen LogP contribution is 2.23. The van der Waals surface area contributed by atoms with Crippen molar-refractivity contribution in [3.63, 3.8) is 0 Å². The normalized spacial score (nSPS) is 10.8. The predicted molar refractivity (Wildman–Crippen MR) is 119 cm³/mol. The van der Waals surface area contributed by atoms with Gasteiger partial charge < -0.3 is 14.1 Å². The predicted octanol–water partition coefficient (Wildman–Crippen LogP) is 4.85. The van der Waals surface area contributed by atoms with Crippen LogP contribution in [0.4, 0.5) is 0 Å². The average Bonchev–Trinajstić information content (AvgIpc) is 3.13. The monoisotopic (exact) mass is 406 g/mol. The van der Waals surface area contributed by atoms with Crippen LogP contribution in [0.1, 0.15) is 35.9 Å². The lowest BCUT2D eigenvalue weighted by Crippen LogP contribution is -2.22. The minimum absolute atomic E-state index is 0.148. The molecule has 0 unspecified atom stereocenters. The number of ether oxygens (including phenoxy) is 1. The lowest BCUT2D eigenvalue weighted by atomic mass is 10.0. The molecule has 0 aliphatic heterocycles. The number of hydrogen-bond donors (Lipinski definition) is 0. The van der Waals surface area contributed by atoms with Crippen molar-refractivity contribution < 1.29 is 13.9 Å². The molecule has 0 N–H and O–H groups in total. The standard InChI is InChI=1S/C25H30N2O3/c1-5-19-17-22(13-11-20(19)12-14-24(28)27(3)4)29-16-15-23-18(2)30-25(26-23)21-9-7-6-8-10-21/h6-11,13,17H,5,12,14-16H2,1-4H3. The fourth-order valence-corrected chi connectivity index (χ4v) is 3.36. The molecule has 0 spiro atoms. The average molecular weight is 407 g/mol. The van der Waals surface area contributed by atoms with E-state index in [1.165, 1.54) is 11.1 Å². The maximum absolute atomic E-state index is 11.9. The Hall–Kier alpha value is -3.08. The van der Waals surface area contributed by atoms with Gasteiger partial charge >= 0.3 is 0 Å². The lowest BCUT2D eigenvalue weighted by molar-refractivity contribution is -0.128. The molecular formula is C25H30N2O3. The summed E-state index contributed by atoms with van der Waals surface area (Å²) in [6.07, 6.45) is 2.87. The summed E-state index contributed by atoms with van der Waals surface area (Å²) in [5.41, 5.74) is 4.33. The van der Waals surface area contributed by atoms with Crippen molar-refractivity contribution in [3.8, 4) is 17.2 Å². The molecule has 0 radical (unpaired) electrons. The van der Waals surface area contributed by atoms with Gasteiger partial charge in [-0.25, -0.2) is 4.98 Å². The van der Waals surface area contributed by atoms with Crippen LogP contribution in [-0.2, 0) is 24.1 Å². The number of aryl methyl sites for hydroxylation is 3. The van der Waals surface area contributed by atoms with Crippen molar-refractivity contribution >= 4 is 5.91 Å². The molecule has 5 heteroatoms. The van der Waals surface area contributed by atoms with Gasteiger partial charge in [0.2, 0.25) is 11.8 Å². The zero-order chi connectivity index (χ0) is 21.5. The van der Waals surface area contributed by atoms with Crippen LogP contribution in [0, 0.1) is 6.92 Å². The molecule has 30 heavy (non-hydrogen) atoms. The minimum atomic E-state index is 0.148. The van der Waals surface area contributed by atoms with E-state index in [1.807, 2.05) is 43.3 Å². The van der Waals surface area contributed by atoms with Crippen molar-refractivity contribution in [1.82, 2.24) is 9.88 Å². The molecular weight excluding hydrogens is 376 g/mol. The highest BCUT2D eigenvalue weighted by Gasteiger charge is 2.12. The van der Waals surface area contributed by atoms with Gasteiger partial charge in [0.15, 0.2) is 0 Å². The number of oxazole rings is 1. The van der Waals surface area contributed by atoms with Crippen molar-refractivity contribution in [3.05, 3.63) is 71.1 Å². The number of rotatable bonds is 9. The summed E-state index contributed by atoms with van der Waals surface area (Å²) in [5, 5.41) is 0. The molecule has 3 aromatic rings. The van der Waals surface area contributed by atoms with Gasteiger partial charge in [-0.3, -0.25) is 4.79 Å². The van der Waals surface area contributed by atoms with Crippen LogP contribution >= 0.6 is 0 Å². The topological polar surface area (TPSA) is 55.6 Å². The molecule has 0 fully saturated rings. The second-order valence-electron chi connectivity index (χ2n) is 7.56. The van der Waals surface area contributed by atoms with Crippen LogP contribution in [0.15, 0.2) is 52.9 Å². The number of aromatic nitrogens is 1. The molecule has 1 amide bonds. The van der Waals surface area contributed by atoms with Crippen molar-refractivity contribution in [2.45, 2.75) is 39.5 Å². The quantitative estimate of drug-likeness (QED) is 0.509. The molecule has 1 heterocycles. The third-order valence-electron chi connectivity index (χ3n) is 5.19. The second kappa shape index (κ2) is 10.1. The largest absolute Gasteiger partial charge is 0.493 e. The van der Waals surface area contributed by atoms with Crippen LogP contribution in [0.25, 0.3) is 11.5 Å². The number of amides is 1. The Bertz CT molecular complexity index is 977. The second-order valence-corrected chi connectivity index (χ2v) is 7.56. The van der Waals surface area contributed by atoms with E-state index in [-0.39, 0.29) is 5.91 Å². The summed E-state index contributed by atoms with van der Waals surface area (Å²) in [5.74, 6) is 2.47. The molecule has 3 rings (SSSR count). The van der Waals surface area contributed by atoms with Gasteiger partial charge in [-0.1, -0.05) is 31.2 Å². The van der Waals surface area contributed by atoms with E-state index < -0.39 is 0 Å². The third-order valence-corrected chi connectivity index (χ3v) is 5.19. The Morgan fingerprint density at radius 2 is 1.83 bits per heavy atom. The van der Waals surface area contributed by atoms with Gasteiger partial charge in [0.25, 0.3) is 0 Å². The van der Waals surface area contributed by atoms with E-state index in [4.69, 9.17) is 9.15 Å². The maximum atomic E-state index is 11.9. The molecule has 0 aliphatic rings. The fraction of sp³-hybridized carbons (Fsp3) is 0.360. The van der Waals surface area contributed by atoms with E-state index in [1.54, 1.807) is 19.0 Å². The first-order valence-electron chi connectivity index (χ1n) is 10.4. The maximum Gasteiger partial charge on any atom is 0.226 e. The van der Waals surface area contributed by atoms with Gasteiger partial charge in [-0.05, 0) is 55.2 Å². The van der Waals surface area contributed by atoms with E-state index in [0.717, 1.165) is 35.6 Å². The van der Waals surface area contributed by atoms with Crippen LogP contribution in [0.2, 0.25) is 0 Å². The van der Waals surface area contributed by atoms with E-state index in [9.17, 15) is 4.79 Å². The number of hydrogen-bond acceptors (Lipinski definition) is 4. The summed E-state index contributed by atoms with van der Waals surface area (Å²) < 4.78 is 11.8. The molecule has 158 valence electrons. The lowest BCUT2D eigenvalue weighted by Gasteiger charge is -2.13. The molecule has 5 nitrogen and oxygen atoms in total. The third kappa shape index (κ3) is 5.50. The Morgan fingerprint density at radius 1 is 1.07 bits per heavy atom. The van der Waals surface area contributed by atoms with Gasteiger partial charge in [0, 0.05) is 32.5 Å². The molecule has 1 aromatic heterocycles. The Labute approximate surface area is 178 Å². The molecule has 0 saturated heterocycles. The summed E-state index contributed by atoms with van der Waals surface area (Å²) >= 11 is 0. The van der Waals surface area contributed by atoms with Crippen molar-refractivity contribution in [2.75, 3.05) is 20.7 Å². The summed E-state index contributed by atoms with van der Waals surface area (Å²) in [7, 11) is 3.58. The Balaban J connectivity index is 1.58. The van der Waals surface area contributed by atoms with Gasteiger partial charge in [-0.15, -0.1) is 0 Å². The van der Waals surface area contributed by atoms with Gasteiger partial charge in [0.1, 0.15) is 11.5 Å². The van der Waals surface area contributed by atoms with Crippen LogP contribution in [0.3, 0.4) is 0 Å². The number of benzene rings is 2. The van der Waals surface area contributed by atoms with Gasteiger partial charge in [0.05, 0.1) is 12.3 Å². The first-order chi connectivity index (χ1) is 14.5. The zero-order valence-corrected chi connectivity index (χ0v) is 18.3. The summed E-state index contributed by atoms with van der Waals surface area (Å²) in [4.78, 5) is 18.1. The molecule has 0 atom stereocenters. The fourth-order valence-electron chi connectivity index (χ4n) is 3.36. The first-order valence-corrected chi connectivity index (χ1v) is 10.4. The minimum Gasteiger partial charge on any atom is -0.493 e. The molecule has 0 aliphatic carbocycles. The highest BCUT2D eigenvalue weighted by atomic mass is 16.5. The van der Waals surface area contributed by atoms with Gasteiger partial charge in [-0.2, -0.15) is 0 Å². The number of nitrogens with zero attached hydrogens (tertiary/aromatic N) is 2. The molecule has 2 aromatic carbocycles. The highest BCUT2D eigenvalue weighted by molar-refractivity contribution is 5.75. The van der Waals surface area contributed by atoms with Crippen LogP contribution < -0.4 is 4.74 Å². The van der Waals surface area contributed by atoms with E-state index >= 15 is 0 Å². The first kappa shape index (κ1) is 21.6. The van der Waals surface area contributed by atoms with Crippen LogP contribution in [0.5, 0.6) is 5.75 Å².